The standard InChI is InChI=1S/C32H33ClN10O/c1-41-28(31(44)39-25-9-14-42(15-10-25)27-6-11-34-19-26(27)33)16-22-8-13-43(20-29(22)41)32-35-12-7-30(40-32)38-24-4-2-21(3-5-24)23-17-36-37-18-23/h2-7,11-12,16-19,25H,8-10,13-15,20H2,1H3,(H,36,37)(H,39,44)(H,35,38,40). The fraction of sp³-hybridized carbons (Fsp3) is 0.281. The van der Waals surface area contributed by atoms with Gasteiger partial charge in [0.1, 0.15) is 11.5 Å². The second-order valence-electron chi connectivity index (χ2n) is 11.2. The summed E-state index contributed by atoms with van der Waals surface area (Å²) in [7, 11) is 1.97. The molecule has 5 aromatic rings. The summed E-state index contributed by atoms with van der Waals surface area (Å²) in [6.07, 6.45) is 11.4. The number of benzene rings is 1. The molecule has 224 valence electrons. The zero-order chi connectivity index (χ0) is 30.0. The number of hydrogen-bond acceptors (Lipinski definition) is 8. The van der Waals surface area contributed by atoms with E-state index in [-0.39, 0.29) is 11.9 Å². The molecule has 0 saturated carbocycles. The van der Waals surface area contributed by atoms with Crippen LogP contribution in [-0.4, -0.2) is 61.3 Å². The number of carbonyl (C=O) groups is 1. The summed E-state index contributed by atoms with van der Waals surface area (Å²) >= 11 is 6.34. The van der Waals surface area contributed by atoms with Gasteiger partial charge in [-0.25, -0.2) is 4.98 Å². The predicted molar refractivity (Wildman–Crippen MR) is 171 cm³/mol. The van der Waals surface area contributed by atoms with Crippen molar-refractivity contribution in [2.24, 2.45) is 7.05 Å². The highest BCUT2D eigenvalue weighted by Crippen LogP contribution is 2.29. The summed E-state index contributed by atoms with van der Waals surface area (Å²) in [4.78, 5) is 31.3. The van der Waals surface area contributed by atoms with E-state index in [9.17, 15) is 4.79 Å². The van der Waals surface area contributed by atoms with Gasteiger partial charge < -0.3 is 25.0 Å². The molecule has 0 atom stereocenters. The van der Waals surface area contributed by atoms with Crippen molar-refractivity contribution in [3.05, 3.63) is 95.4 Å². The number of hydrogen-bond donors (Lipinski definition) is 3. The van der Waals surface area contributed by atoms with E-state index >= 15 is 0 Å². The summed E-state index contributed by atoms with van der Waals surface area (Å²) in [5.74, 6) is 1.35. The third-order valence-electron chi connectivity index (χ3n) is 8.51. The van der Waals surface area contributed by atoms with Gasteiger partial charge in [0.05, 0.1) is 23.5 Å². The maximum Gasteiger partial charge on any atom is 0.268 e. The molecule has 0 spiro atoms. The van der Waals surface area contributed by atoms with Gasteiger partial charge in [-0.1, -0.05) is 23.7 Å². The van der Waals surface area contributed by atoms with Gasteiger partial charge in [0.15, 0.2) is 0 Å². The lowest BCUT2D eigenvalue weighted by Crippen LogP contribution is -2.45. The molecule has 7 rings (SSSR count). The van der Waals surface area contributed by atoms with Gasteiger partial charge >= 0.3 is 0 Å². The lowest BCUT2D eigenvalue weighted by molar-refractivity contribution is 0.0922. The van der Waals surface area contributed by atoms with Crippen molar-refractivity contribution in [3.8, 4) is 11.1 Å². The number of rotatable bonds is 7. The molecule has 11 nitrogen and oxygen atoms in total. The summed E-state index contributed by atoms with van der Waals surface area (Å²) in [5.41, 5.74) is 7.06. The molecular weight excluding hydrogens is 576 g/mol. The first-order chi connectivity index (χ1) is 21.5. The second kappa shape index (κ2) is 12.0. The van der Waals surface area contributed by atoms with Crippen molar-refractivity contribution in [3.63, 3.8) is 0 Å². The first kappa shape index (κ1) is 27.9. The van der Waals surface area contributed by atoms with Crippen LogP contribution in [-0.2, 0) is 20.0 Å². The number of nitrogens with one attached hydrogen (secondary N) is 3. The highest BCUT2D eigenvalue weighted by Gasteiger charge is 2.27. The molecule has 0 aliphatic carbocycles. The van der Waals surface area contributed by atoms with E-state index in [1.165, 1.54) is 5.56 Å². The Kier molecular flexibility index (Phi) is 7.61. The lowest BCUT2D eigenvalue weighted by Gasteiger charge is -2.34. The first-order valence-electron chi connectivity index (χ1n) is 14.8. The van der Waals surface area contributed by atoms with Crippen LogP contribution in [0.2, 0.25) is 5.02 Å². The summed E-state index contributed by atoms with van der Waals surface area (Å²) < 4.78 is 2.02. The van der Waals surface area contributed by atoms with Gasteiger partial charge in [0.25, 0.3) is 5.91 Å². The van der Waals surface area contributed by atoms with Crippen molar-refractivity contribution in [2.45, 2.75) is 31.8 Å². The number of halogens is 1. The van der Waals surface area contributed by atoms with Crippen LogP contribution >= 0.6 is 11.6 Å². The zero-order valence-electron chi connectivity index (χ0n) is 24.4. The largest absolute Gasteiger partial charge is 0.370 e. The summed E-state index contributed by atoms with van der Waals surface area (Å²) in [5, 5.41) is 14.2. The van der Waals surface area contributed by atoms with Crippen LogP contribution in [0.1, 0.15) is 34.6 Å². The zero-order valence-corrected chi connectivity index (χ0v) is 25.1. The maximum atomic E-state index is 13.4. The third-order valence-corrected chi connectivity index (χ3v) is 8.80. The van der Waals surface area contributed by atoms with Crippen LogP contribution in [0.25, 0.3) is 11.1 Å². The number of H-pyrrole nitrogens is 1. The topological polar surface area (TPSA) is 120 Å². The Morgan fingerprint density at radius 1 is 1.00 bits per heavy atom. The molecule has 6 heterocycles. The quantitative estimate of drug-likeness (QED) is 0.237. The average Bonchev–Trinajstić information content (AvgIpc) is 3.71. The predicted octanol–water partition coefficient (Wildman–Crippen LogP) is 4.96. The van der Waals surface area contributed by atoms with Crippen LogP contribution in [0.5, 0.6) is 0 Å². The normalized spacial score (nSPS) is 15.2. The van der Waals surface area contributed by atoms with Gasteiger partial charge in [-0.15, -0.1) is 0 Å². The number of amides is 1. The van der Waals surface area contributed by atoms with E-state index in [1.807, 2.05) is 60.3 Å². The molecule has 0 unspecified atom stereocenters. The number of aromatic nitrogens is 6. The van der Waals surface area contributed by atoms with E-state index in [2.05, 4.69) is 40.6 Å². The molecule has 2 aliphatic rings. The Bertz CT molecular complexity index is 1760. The van der Waals surface area contributed by atoms with Crippen LogP contribution in [0.4, 0.5) is 23.1 Å². The van der Waals surface area contributed by atoms with Gasteiger partial charge in [-0.2, -0.15) is 10.1 Å². The monoisotopic (exact) mass is 608 g/mol. The Labute approximate surface area is 260 Å². The summed E-state index contributed by atoms with van der Waals surface area (Å²) in [6.45, 7) is 3.07. The molecule has 0 bridgehead atoms. The number of aromatic amines is 1. The maximum absolute atomic E-state index is 13.4. The highest BCUT2D eigenvalue weighted by atomic mass is 35.5. The van der Waals surface area contributed by atoms with Crippen molar-refractivity contribution >= 4 is 40.6 Å². The molecule has 1 fully saturated rings. The number of piperidine rings is 1. The number of anilines is 4. The van der Waals surface area contributed by atoms with Gasteiger partial charge in [-0.05, 0) is 60.7 Å². The fourth-order valence-electron chi connectivity index (χ4n) is 6.06. The average molecular weight is 609 g/mol. The SMILES string of the molecule is Cn1c(C(=O)NC2CCN(c3ccncc3Cl)CC2)cc2c1CN(c1nccc(Nc3ccc(-c4cn[nH]c4)cc3)n1)CC2. The number of carbonyl (C=O) groups excluding carboxylic acids is 1. The Hall–Kier alpha value is -4.90. The van der Waals surface area contributed by atoms with E-state index in [0.29, 0.717) is 23.2 Å². The van der Waals surface area contributed by atoms with Crippen LogP contribution in [0.15, 0.2) is 73.4 Å². The first-order valence-corrected chi connectivity index (χ1v) is 15.2. The van der Waals surface area contributed by atoms with Gasteiger partial charge in [-0.3, -0.25) is 14.9 Å². The minimum Gasteiger partial charge on any atom is -0.370 e. The highest BCUT2D eigenvalue weighted by molar-refractivity contribution is 6.33. The fourth-order valence-corrected chi connectivity index (χ4v) is 6.29. The second-order valence-corrected chi connectivity index (χ2v) is 11.6. The molecule has 3 N–H and O–H groups in total. The lowest BCUT2D eigenvalue weighted by atomic mass is 10.0. The number of fused-ring (bicyclic) bond motifs is 1. The third kappa shape index (κ3) is 5.70. The molecule has 1 amide bonds. The minimum atomic E-state index is -0.0323. The molecule has 44 heavy (non-hydrogen) atoms. The van der Waals surface area contributed by atoms with Gasteiger partial charge in [0.2, 0.25) is 5.95 Å². The molecular formula is C32H33ClN10O. The van der Waals surface area contributed by atoms with E-state index in [1.54, 1.807) is 24.8 Å². The molecule has 0 radical (unpaired) electrons. The minimum absolute atomic E-state index is 0.0323. The van der Waals surface area contributed by atoms with Crippen molar-refractivity contribution in [1.82, 2.24) is 35.0 Å². The molecule has 1 saturated heterocycles. The molecule has 2 aliphatic heterocycles. The van der Waals surface area contributed by atoms with Crippen LogP contribution < -0.4 is 20.4 Å². The van der Waals surface area contributed by atoms with E-state index < -0.39 is 0 Å². The van der Waals surface area contributed by atoms with E-state index in [4.69, 9.17) is 16.6 Å². The molecule has 12 heteroatoms. The van der Waals surface area contributed by atoms with Crippen molar-refractivity contribution in [1.29, 1.82) is 0 Å². The Morgan fingerprint density at radius 3 is 2.61 bits per heavy atom. The van der Waals surface area contributed by atoms with Crippen molar-refractivity contribution < 1.29 is 4.79 Å². The Morgan fingerprint density at radius 2 is 1.84 bits per heavy atom. The number of pyridine rings is 1. The number of nitrogens with zero attached hydrogens (tertiary/aromatic N) is 7. The van der Waals surface area contributed by atoms with Crippen LogP contribution in [0, 0.1) is 0 Å². The summed E-state index contributed by atoms with van der Waals surface area (Å²) in [6, 6.07) is 14.1. The molecule has 4 aromatic heterocycles. The van der Waals surface area contributed by atoms with Crippen molar-refractivity contribution in [2.75, 3.05) is 34.8 Å². The smallest absolute Gasteiger partial charge is 0.268 e. The van der Waals surface area contributed by atoms with Crippen LogP contribution in [0.3, 0.4) is 0 Å². The molecule has 1 aromatic carbocycles. The van der Waals surface area contributed by atoms with Gasteiger partial charge in [0, 0.05) is 74.5 Å². The van der Waals surface area contributed by atoms with E-state index in [0.717, 1.165) is 72.9 Å². The Balaban J connectivity index is 0.982.